The Labute approximate surface area is 106 Å². The van der Waals surface area contributed by atoms with Crippen LogP contribution in [0.2, 0.25) is 0 Å². The number of rotatable bonds is 0. The molecule has 0 atom stereocenters. The van der Waals surface area contributed by atoms with Gasteiger partial charge < -0.3 is 21.1 Å². The van der Waals surface area contributed by atoms with Crippen molar-refractivity contribution >= 4 is 0 Å². The first-order valence-corrected chi connectivity index (χ1v) is 5.57. The van der Waals surface area contributed by atoms with Crippen LogP contribution in [0.3, 0.4) is 0 Å². The van der Waals surface area contributed by atoms with E-state index in [2.05, 4.69) is 16.0 Å². The molecule has 1 heterocycles. The molecule has 1 aliphatic rings. The Kier molecular flexibility index (Phi) is 20.1. The van der Waals surface area contributed by atoms with E-state index in [-0.39, 0.29) is 19.5 Å². The van der Waals surface area contributed by atoms with E-state index in [1.807, 2.05) is 0 Å². The van der Waals surface area contributed by atoms with Crippen LogP contribution in [0.5, 0.6) is 0 Å². The second-order valence-electron chi connectivity index (χ2n) is 3.31. The topological polar surface area (TPSA) is 56.3 Å². The summed E-state index contributed by atoms with van der Waals surface area (Å²) in [6.45, 7) is 6.96. The predicted octanol–water partition coefficient (Wildman–Crippen LogP) is -0.455. The van der Waals surface area contributed by atoms with Crippen molar-refractivity contribution in [3.8, 4) is 0 Å². The summed E-state index contributed by atoms with van der Waals surface area (Å²) >= 11 is 0. The van der Waals surface area contributed by atoms with E-state index in [0.717, 1.165) is 46.4 Å². The molecule has 0 aromatic rings. The molecule has 1 saturated heterocycles. The van der Waals surface area contributed by atoms with Crippen LogP contribution < -0.4 is 16.0 Å². The van der Waals surface area contributed by atoms with Gasteiger partial charge in [-0.25, -0.2) is 0 Å². The second kappa shape index (κ2) is 16.9. The van der Waals surface area contributed by atoms with E-state index >= 15 is 0 Å². The Bertz CT molecular complexity index is 63.6. The molecule has 88 valence electrons. The van der Waals surface area contributed by atoms with Gasteiger partial charge in [0.15, 0.2) is 0 Å². The normalized spacial score (nSPS) is 19.6. The third kappa shape index (κ3) is 14.5. The first kappa shape index (κ1) is 17.8. The SMILES string of the molecule is C1CNCCCNCCCNC1.CO.[Zn]. The maximum atomic E-state index is 7.00. The van der Waals surface area contributed by atoms with Crippen molar-refractivity contribution in [2.45, 2.75) is 19.3 Å². The summed E-state index contributed by atoms with van der Waals surface area (Å²) < 4.78 is 0. The Morgan fingerprint density at radius 1 is 0.600 bits per heavy atom. The molecule has 0 aromatic carbocycles. The zero-order valence-corrected chi connectivity index (χ0v) is 13.0. The number of hydrogen-bond acceptors (Lipinski definition) is 4. The van der Waals surface area contributed by atoms with Crippen molar-refractivity contribution < 1.29 is 24.6 Å². The molecule has 0 spiro atoms. The summed E-state index contributed by atoms with van der Waals surface area (Å²) in [5.41, 5.74) is 0. The van der Waals surface area contributed by atoms with Gasteiger partial charge in [-0.05, 0) is 58.5 Å². The van der Waals surface area contributed by atoms with E-state index in [0.29, 0.717) is 0 Å². The van der Waals surface area contributed by atoms with E-state index in [1.54, 1.807) is 0 Å². The summed E-state index contributed by atoms with van der Waals surface area (Å²) in [6, 6.07) is 0. The van der Waals surface area contributed by atoms with Gasteiger partial charge in [0.1, 0.15) is 0 Å². The van der Waals surface area contributed by atoms with Gasteiger partial charge >= 0.3 is 0 Å². The minimum absolute atomic E-state index is 0. The summed E-state index contributed by atoms with van der Waals surface area (Å²) in [5, 5.41) is 17.3. The van der Waals surface area contributed by atoms with Crippen molar-refractivity contribution in [2.24, 2.45) is 0 Å². The molecular weight excluding hydrogens is 244 g/mol. The minimum atomic E-state index is 0. The van der Waals surface area contributed by atoms with Crippen LogP contribution in [0, 0.1) is 0 Å². The predicted molar refractivity (Wildman–Crippen MR) is 60.6 cm³/mol. The minimum Gasteiger partial charge on any atom is -0.400 e. The average molecular weight is 269 g/mol. The Morgan fingerprint density at radius 3 is 1.00 bits per heavy atom. The quantitative estimate of drug-likeness (QED) is 0.450. The van der Waals surface area contributed by atoms with E-state index in [4.69, 9.17) is 5.11 Å². The van der Waals surface area contributed by atoms with Gasteiger partial charge in [0.2, 0.25) is 0 Å². The standard InChI is InChI=1S/C9H21N3.CH4O.Zn/c1-4-10-6-2-8-12-9-3-7-11-5-1;1-2;/h10-12H,1-9H2;2H,1H3;. The fraction of sp³-hybridized carbons (Fsp3) is 1.00. The third-order valence-electron chi connectivity index (χ3n) is 2.12. The molecular formula is C10H25N3OZn. The number of hydrogen-bond donors (Lipinski definition) is 4. The maximum Gasteiger partial charge on any atom is 0.0319 e. The molecule has 0 unspecified atom stereocenters. The van der Waals surface area contributed by atoms with Crippen LogP contribution in [0.1, 0.15) is 19.3 Å². The van der Waals surface area contributed by atoms with Crippen LogP contribution in [0.4, 0.5) is 0 Å². The van der Waals surface area contributed by atoms with Crippen LogP contribution in [-0.4, -0.2) is 51.5 Å². The smallest absolute Gasteiger partial charge is 0.0319 e. The first-order chi connectivity index (χ1) is 7.00. The van der Waals surface area contributed by atoms with Gasteiger partial charge in [0, 0.05) is 26.6 Å². The molecule has 15 heavy (non-hydrogen) atoms. The zero-order chi connectivity index (χ0) is 10.5. The molecule has 4 nitrogen and oxygen atoms in total. The van der Waals surface area contributed by atoms with Gasteiger partial charge in [0.05, 0.1) is 0 Å². The van der Waals surface area contributed by atoms with E-state index < -0.39 is 0 Å². The molecule has 1 aliphatic heterocycles. The van der Waals surface area contributed by atoms with Gasteiger partial charge in [0.25, 0.3) is 0 Å². The molecule has 0 saturated carbocycles. The average Bonchev–Trinajstić information content (AvgIpc) is 2.22. The van der Waals surface area contributed by atoms with Crippen LogP contribution in [-0.2, 0) is 19.5 Å². The first-order valence-electron chi connectivity index (χ1n) is 5.57. The summed E-state index contributed by atoms with van der Waals surface area (Å²) in [4.78, 5) is 0. The number of nitrogens with one attached hydrogen (secondary N) is 3. The Hall–Kier alpha value is 0.463. The molecule has 0 aliphatic carbocycles. The van der Waals surface area contributed by atoms with Crippen molar-refractivity contribution in [1.82, 2.24) is 16.0 Å². The second-order valence-corrected chi connectivity index (χ2v) is 3.31. The molecule has 0 bridgehead atoms. The Morgan fingerprint density at radius 2 is 0.800 bits per heavy atom. The van der Waals surface area contributed by atoms with Crippen molar-refractivity contribution in [1.29, 1.82) is 0 Å². The Balaban J connectivity index is 0. The van der Waals surface area contributed by atoms with Gasteiger partial charge in [-0.15, -0.1) is 0 Å². The third-order valence-corrected chi connectivity index (χ3v) is 2.12. The van der Waals surface area contributed by atoms with Gasteiger partial charge in [-0.1, -0.05) is 0 Å². The largest absolute Gasteiger partial charge is 0.400 e. The monoisotopic (exact) mass is 267 g/mol. The molecule has 0 radical (unpaired) electrons. The van der Waals surface area contributed by atoms with Gasteiger partial charge in [-0.3, -0.25) is 0 Å². The van der Waals surface area contributed by atoms with Crippen LogP contribution >= 0.6 is 0 Å². The number of aliphatic hydroxyl groups excluding tert-OH is 1. The van der Waals surface area contributed by atoms with Crippen molar-refractivity contribution in [3.63, 3.8) is 0 Å². The van der Waals surface area contributed by atoms with Crippen molar-refractivity contribution in [3.05, 3.63) is 0 Å². The molecule has 5 heteroatoms. The fourth-order valence-electron chi connectivity index (χ4n) is 1.39. The molecule has 1 rings (SSSR count). The molecule has 0 amide bonds. The number of aliphatic hydroxyl groups is 1. The molecule has 0 aromatic heterocycles. The summed E-state index contributed by atoms with van der Waals surface area (Å²) in [6.07, 6.45) is 3.77. The van der Waals surface area contributed by atoms with Crippen LogP contribution in [0.15, 0.2) is 0 Å². The molecule has 1 fully saturated rings. The molecule has 4 N–H and O–H groups in total. The van der Waals surface area contributed by atoms with E-state index in [9.17, 15) is 0 Å². The summed E-state index contributed by atoms with van der Waals surface area (Å²) in [5.74, 6) is 0. The fourth-order valence-corrected chi connectivity index (χ4v) is 1.39. The summed E-state index contributed by atoms with van der Waals surface area (Å²) in [7, 11) is 1.00. The maximum absolute atomic E-state index is 7.00. The zero-order valence-electron chi connectivity index (χ0n) is 10.0. The van der Waals surface area contributed by atoms with Crippen molar-refractivity contribution in [2.75, 3.05) is 46.4 Å². The van der Waals surface area contributed by atoms with E-state index in [1.165, 1.54) is 19.3 Å². The van der Waals surface area contributed by atoms with Crippen LogP contribution in [0.25, 0.3) is 0 Å². The van der Waals surface area contributed by atoms with Gasteiger partial charge in [-0.2, -0.15) is 0 Å².